The first kappa shape index (κ1) is 19.7. The smallest absolute Gasteiger partial charge is 0.241 e. The number of carbonyl (C=O) groups excluding carboxylic acids is 1. The third-order valence-electron chi connectivity index (χ3n) is 5.16. The zero-order valence-electron chi connectivity index (χ0n) is 16.0. The Bertz CT molecular complexity index is 1010. The highest BCUT2D eigenvalue weighted by molar-refractivity contribution is 7.89. The van der Waals surface area contributed by atoms with E-state index in [2.05, 4.69) is 16.1 Å². The van der Waals surface area contributed by atoms with Gasteiger partial charge in [0.15, 0.2) is 11.5 Å². The van der Waals surface area contributed by atoms with Crippen LogP contribution in [-0.2, 0) is 21.2 Å². The van der Waals surface area contributed by atoms with Crippen molar-refractivity contribution in [1.29, 1.82) is 0 Å². The van der Waals surface area contributed by atoms with Crippen molar-refractivity contribution >= 4 is 15.9 Å². The van der Waals surface area contributed by atoms with Crippen LogP contribution in [0.3, 0.4) is 0 Å². The van der Waals surface area contributed by atoms with Gasteiger partial charge >= 0.3 is 0 Å². The molecular formula is C21H24N2O5S. The standard InChI is InChI=1S/C21H24N2O5S/c24-21(23-18-8-3-6-15-5-1-2-7-17(15)18)14-22-29(25,26)16-9-10-19-20(13-16)28-12-4-11-27-19/h1-2,5,7,9-10,13,18,22H,3-4,6,8,11-12,14H2,(H,23,24)/t18-/m1/s1. The number of carbonyl (C=O) groups is 1. The number of ether oxygens (including phenoxy) is 2. The summed E-state index contributed by atoms with van der Waals surface area (Å²) in [7, 11) is -3.85. The summed E-state index contributed by atoms with van der Waals surface area (Å²) in [5, 5.41) is 2.95. The molecule has 1 aliphatic heterocycles. The molecule has 1 heterocycles. The number of aryl methyl sites for hydroxylation is 1. The minimum Gasteiger partial charge on any atom is -0.490 e. The molecule has 0 aromatic heterocycles. The van der Waals surface area contributed by atoms with Crippen molar-refractivity contribution in [3.8, 4) is 11.5 Å². The summed E-state index contributed by atoms with van der Waals surface area (Å²) in [6, 6.07) is 12.4. The summed E-state index contributed by atoms with van der Waals surface area (Å²) in [4.78, 5) is 12.4. The Morgan fingerprint density at radius 2 is 1.83 bits per heavy atom. The Labute approximate surface area is 170 Å². The number of hydrogen-bond acceptors (Lipinski definition) is 5. The van der Waals surface area contributed by atoms with Crippen molar-refractivity contribution in [2.75, 3.05) is 19.8 Å². The van der Waals surface area contributed by atoms with Gasteiger partial charge in [-0.05, 0) is 42.5 Å². The SMILES string of the molecule is O=C(CNS(=O)(=O)c1ccc2c(c1)OCCCO2)N[C@@H]1CCCc2ccccc21. The van der Waals surface area contributed by atoms with Gasteiger partial charge in [0.1, 0.15) is 0 Å². The number of fused-ring (bicyclic) bond motifs is 2. The first-order valence-corrected chi connectivity index (χ1v) is 11.3. The second kappa shape index (κ2) is 8.42. The Balaban J connectivity index is 1.40. The summed E-state index contributed by atoms with van der Waals surface area (Å²) in [5.41, 5.74) is 2.34. The van der Waals surface area contributed by atoms with E-state index in [1.807, 2.05) is 18.2 Å². The van der Waals surface area contributed by atoms with E-state index in [0.717, 1.165) is 31.2 Å². The highest BCUT2D eigenvalue weighted by atomic mass is 32.2. The number of rotatable bonds is 5. The minimum atomic E-state index is -3.85. The molecule has 0 saturated heterocycles. The van der Waals surface area contributed by atoms with Gasteiger partial charge in [0.05, 0.1) is 30.7 Å². The van der Waals surface area contributed by atoms with Gasteiger partial charge in [0.2, 0.25) is 15.9 Å². The Kier molecular flexibility index (Phi) is 5.73. The van der Waals surface area contributed by atoms with Crippen molar-refractivity contribution in [3.63, 3.8) is 0 Å². The normalized spacial score (nSPS) is 18.4. The predicted molar refractivity (Wildman–Crippen MR) is 108 cm³/mol. The molecule has 2 N–H and O–H groups in total. The van der Waals surface area contributed by atoms with Gasteiger partial charge in [-0.15, -0.1) is 0 Å². The molecule has 2 aliphatic rings. The van der Waals surface area contributed by atoms with Crippen LogP contribution in [0, 0.1) is 0 Å². The molecule has 7 nitrogen and oxygen atoms in total. The first-order chi connectivity index (χ1) is 14.0. The monoisotopic (exact) mass is 416 g/mol. The maximum absolute atomic E-state index is 12.6. The van der Waals surface area contributed by atoms with E-state index in [1.54, 1.807) is 6.07 Å². The number of hydrogen-bond donors (Lipinski definition) is 2. The quantitative estimate of drug-likeness (QED) is 0.780. The van der Waals surface area contributed by atoms with Crippen LogP contribution >= 0.6 is 0 Å². The number of sulfonamides is 1. The summed E-state index contributed by atoms with van der Waals surface area (Å²) in [6.07, 6.45) is 3.57. The summed E-state index contributed by atoms with van der Waals surface area (Å²) >= 11 is 0. The van der Waals surface area contributed by atoms with Crippen LogP contribution in [0.5, 0.6) is 11.5 Å². The zero-order chi connectivity index (χ0) is 20.3. The molecule has 0 radical (unpaired) electrons. The van der Waals surface area contributed by atoms with Gasteiger partial charge in [-0.3, -0.25) is 4.79 Å². The van der Waals surface area contributed by atoms with Crippen LogP contribution in [0.2, 0.25) is 0 Å². The number of amides is 1. The summed E-state index contributed by atoms with van der Waals surface area (Å²) in [5.74, 6) is 0.563. The maximum atomic E-state index is 12.6. The first-order valence-electron chi connectivity index (χ1n) is 9.79. The Morgan fingerprint density at radius 3 is 2.69 bits per heavy atom. The van der Waals surface area contributed by atoms with Crippen molar-refractivity contribution in [3.05, 3.63) is 53.6 Å². The molecule has 0 fully saturated rings. The molecular weight excluding hydrogens is 392 g/mol. The predicted octanol–water partition coefficient (Wildman–Crippen LogP) is 2.32. The van der Waals surface area contributed by atoms with Crippen molar-refractivity contribution in [1.82, 2.24) is 10.0 Å². The highest BCUT2D eigenvalue weighted by Crippen LogP contribution is 2.32. The van der Waals surface area contributed by atoms with Gasteiger partial charge < -0.3 is 14.8 Å². The maximum Gasteiger partial charge on any atom is 0.241 e. The molecule has 154 valence electrons. The van der Waals surface area contributed by atoms with E-state index < -0.39 is 10.0 Å². The van der Waals surface area contributed by atoms with E-state index in [4.69, 9.17) is 9.47 Å². The second-order valence-electron chi connectivity index (χ2n) is 7.19. The van der Waals surface area contributed by atoms with Crippen molar-refractivity contribution in [2.24, 2.45) is 0 Å². The molecule has 0 bridgehead atoms. The Hall–Kier alpha value is -2.58. The molecule has 4 rings (SSSR count). The second-order valence-corrected chi connectivity index (χ2v) is 8.96. The lowest BCUT2D eigenvalue weighted by atomic mass is 9.88. The fraction of sp³-hybridized carbons (Fsp3) is 0.381. The molecule has 0 unspecified atom stereocenters. The Morgan fingerprint density at radius 1 is 1.03 bits per heavy atom. The molecule has 8 heteroatoms. The lowest BCUT2D eigenvalue weighted by molar-refractivity contribution is -0.120. The van der Waals surface area contributed by atoms with Gasteiger partial charge in [-0.2, -0.15) is 0 Å². The third-order valence-corrected chi connectivity index (χ3v) is 6.56. The van der Waals surface area contributed by atoms with Crippen molar-refractivity contribution in [2.45, 2.75) is 36.6 Å². The van der Waals surface area contributed by atoms with Crippen LogP contribution in [0.1, 0.15) is 36.4 Å². The van der Waals surface area contributed by atoms with E-state index in [-0.39, 0.29) is 23.4 Å². The van der Waals surface area contributed by atoms with Crippen LogP contribution in [0.25, 0.3) is 0 Å². The average Bonchev–Trinajstić information content (AvgIpc) is 2.97. The number of nitrogens with one attached hydrogen (secondary N) is 2. The molecule has 0 saturated carbocycles. The van der Waals surface area contributed by atoms with Gasteiger partial charge in [-0.25, -0.2) is 13.1 Å². The zero-order valence-corrected chi connectivity index (χ0v) is 16.8. The van der Waals surface area contributed by atoms with E-state index >= 15 is 0 Å². The molecule has 2 aromatic carbocycles. The highest BCUT2D eigenvalue weighted by Gasteiger charge is 2.23. The molecule has 2 aromatic rings. The topological polar surface area (TPSA) is 93.7 Å². The lowest BCUT2D eigenvalue weighted by Gasteiger charge is -2.26. The molecule has 1 amide bonds. The fourth-order valence-electron chi connectivity index (χ4n) is 3.70. The van der Waals surface area contributed by atoms with E-state index in [9.17, 15) is 13.2 Å². The molecule has 0 spiro atoms. The van der Waals surface area contributed by atoms with Crippen LogP contribution < -0.4 is 19.5 Å². The third kappa shape index (κ3) is 4.54. The van der Waals surface area contributed by atoms with Crippen LogP contribution in [-0.4, -0.2) is 34.1 Å². The van der Waals surface area contributed by atoms with Crippen LogP contribution in [0.15, 0.2) is 47.4 Å². The van der Waals surface area contributed by atoms with E-state index in [1.165, 1.54) is 17.7 Å². The van der Waals surface area contributed by atoms with E-state index in [0.29, 0.717) is 24.7 Å². The molecule has 1 atom stereocenters. The molecule has 29 heavy (non-hydrogen) atoms. The average molecular weight is 416 g/mol. The lowest BCUT2D eigenvalue weighted by Crippen LogP contribution is -2.39. The summed E-state index contributed by atoms with van der Waals surface area (Å²) in [6.45, 7) is 0.673. The van der Waals surface area contributed by atoms with Gasteiger partial charge in [0.25, 0.3) is 0 Å². The fourth-order valence-corrected chi connectivity index (χ4v) is 4.70. The molecule has 1 aliphatic carbocycles. The van der Waals surface area contributed by atoms with Gasteiger partial charge in [0, 0.05) is 12.5 Å². The van der Waals surface area contributed by atoms with Crippen molar-refractivity contribution < 1.29 is 22.7 Å². The largest absolute Gasteiger partial charge is 0.490 e. The minimum absolute atomic E-state index is 0.0394. The van der Waals surface area contributed by atoms with Gasteiger partial charge in [-0.1, -0.05) is 24.3 Å². The van der Waals surface area contributed by atoms with Crippen LogP contribution in [0.4, 0.5) is 0 Å². The summed E-state index contributed by atoms with van der Waals surface area (Å²) < 4.78 is 38.7. The number of benzene rings is 2.